The van der Waals surface area contributed by atoms with E-state index in [4.69, 9.17) is 5.11 Å². The summed E-state index contributed by atoms with van der Waals surface area (Å²) in [4.78, 5) is 15.2. The molecule has 2 N–H and O–H groups in total. The molecule has 0 fully saturated rings. The molecule has 6 nitrogen and oxygen atoms in total. The van der Waals surface area contributed by atoms with Crippen molar-refractivity contribution >= 4 is 17.4 Å². The van der Waals surface area contributed by atoms with Crippen molar-refractivity contribution in [1.29, 1.82) is 0 Å². The zero-order valence-electron chi connectivity index (χ0n) is 10.9. The fourth-order valence-electron chi connectivity index (χ4n) is 1.68. The zero-order valence-corrected chi connectivity index (χ0v) is 10.9. The molecule has 0 radical (unpaired) electrons. The summed E-state index contributed by atoms with van der Waals surface area (Å²) in [6.07, 6.45) is 0. The largest absolute Gasteiger partial charge is 0.476 e. The van der Waals surface area contributed by atoms with Crippen LogP contribution in [0.5, 0.6) is 0 Å². The van der Waals surface area contributed by atoms with Crippen LogP contribution in [0.3, 0.4) is 0 Å². The smallest absolute Gasteiger partial charge is 0.356 e. The second-order valence-electron chi connectivity index (χ2n) is 5.26. The van der Waals surface area contributed by atoms with Crippen molar-refractivity contribution in [2.24, 2.45) is 0 Å². The molecule has 0 bridgehead atoms. The van der Waals surface area contributed by atoms with Crippen LogP contribution >= 0.6 is 0 Å². The number of aromatic nitrogens is 3. The molecule has 0 atom stereocenters. The van der Waals surface area contributed by atoms with Crippen LogP contribution in [-0.4, -0.2) is 31.2 Å². The van der Waals surface area contributed by atoms with Crippen LogP contribution in [-0.2, 0) is 0 Å². The number of rotatable bonds is 2. The van der Waals surface area contributed by atoms with Gasteiger partial charge in [-0.2, -0.15) is 9.61 Å². The number of nitrogens with zero attached hydrogens (tertiary/aromatic N) is 3. The van der Waals surface area contributed by atoms with Gasteiger partial charge in [-0.15, -0.1) is 0 Å². The minimum atomic E-state index is -1.06. The average molecular weight is 248 g/mol. The molecule has 18 heavy (non-hydrogen) atoms. The molecule has 0 unspecified atom stereocenters. The molecule has 0 saturated heterocycles. The van der Waals surface area contributed by atoms with Gasteiger partial charge in [-0.1, -0.05) is 0 Å². The van der Waals surface area contributed by atoms with Gasteiger partial charge < -0.3 is 10.4 Å². The van der Waals surface area contributed by atoms with Crippen LogP contribution in [0.25, 0.3) is 5.65 Å². The van der Waals surface area contributed by atoms with E-state index in [0.717, 1.165) is 11.5 Å². The number of nitrogens with one attached hydrogen (secondary N) is 1. The summed E-state index contributed by atoms with van der Waals surface area (Å²) in [5.41, 5.74) is 1.19. The molecule has 2 rings (SSSR count). The Bertz CT molecular complexity index is 610. The third kappa shape index (κ3) is 2.42. The second kappa shape index (κ2) is 3.97. The lowest BCUT2D eigenvalue weighted by molar-refractivity contribution is 0.0690. The standard InChI is InChI=1S/C12H16N4O2/c1-7-5-10(14-12(2,3)4)16-9(13-7)6-8(15-16)11(17)18/h5-6,14H,1-4H3,(H,17,18). The Labute approximate surface area is 105 Å². The van der Waals surface area contributed by atoms with Gasteiger partial charge in [0.2, 0.25) is 0 Å². The second-order valence-corrected chi connectivity index (χ2v) is 5.26. The molecule has 0 aromatic carbocycles. The molecule has 0 aliphatic rings. The van der Waals surface area contributed by atoms with E-state index in [1.165, 1.54) is 10.6 Å². The molecule has 2 heterocycles. The molecule has 0 spiro atoms. The topological polar surface area (TPSA) is 79.5 Å². The van der Waals surface area contributed by atoms with Crippen LogP contribution in [0.15, 0.2) is 12.1 Å². The maximum absolute atomic E-state index is 10.9. The van der Waals surface area contributed by atoms with E-state index in [1.54, 1.807) is 0 Å². The zero-order chi connectivity index (χ0) is 13.5. The van der Waals surface area contributed by atoms with Crippen molar-refractivity contribution in [2.45, 2.75) is 33.2 Å². The maximum atomic E-state index is 10.9. The van der Waals surface area contributed by atoms with Crippen LogP contribution in [0.1, 0.15) is 37.0 Å². The van der Waals surface area contributed by atoms with Crippen molar-refractivity contribution in [2.75, 3.05) is 5.32 Å². The summed E-state index contributed by atoms with van der Waals surface area (Å²) >= 11 is 0. The van der Waals surface area contributed by atoms with Crippen LogP contribution in [0, 0.1) is 6.92 Å². The number of carboxylic acids is 1. The SMILES string of the molecule is Cc1cc(NC(C)(C)C)n2nc(C(=O)O)cc2n1. The third-order valence-corrected chi connectivity index (χ3v) is 2.28. The van der Waals surface area contributed by atoms with Crippen LogP contribution < -0.4 is 5.32 Å². The van der Waals surface area contributed by atoms with Gasteiger partial charge in [-0.05, 0) is 27.7 Å². The average Bonchev–Trinajstić information content (AvgIpc) is 2.58. The summed E-state index contributed by atoms with van der Waals surface area (Å²) in [6.45, 7) is 7.93. The van der Waals surface area contributed by atoms with Gasteiger partial charge >= 0.3 is 5.97 Å². The van der Waals surface area contributed by atoms with E-state index in [2.05, 4.69) is 15.4 Å². The van der Waals surface area contributed by atoms with E-state index in [0.29, 0.717) is 5.65 Å². The van der Waals surface area contributed by atoms with Gasteiger partial charge in [-0.3, -0.25) is 0 Å². The van der Waals surface area contributed by atoms with Crippen molar-refractivity contribution < 1.29 is 9.90 Å². The highest BCUT2D eigenvalue weighted by atomic mass is 16.4. The van der Waals surface area contributed by atoms with E-state index in [-0.39, 0.29) is 11.2 Å². The fraction of sp³-hybridized carbons (Fsp3) is 0.417. The molecule has 0 amide bonds. The number of hydrogen-bond donors (Lipinski definition) is 2. The molecule has 2 aromatic heterocycles. The highest BCUT2D eigenvalue weighted by Gasteiger charge is 2.16. The van der Waals surface area contributed by atoms with Crippen LogP contribution in [0.2, 0.25) is 0 Å². The monoisotopic (exact) mass is 248 g/mol. The third-order valence-electron chi connectivity index (χ3n) is 2.28. The molecule has 2 aromatic rings. The Kier molecular flexibility index (Phi) is 2.73. The first kappa shape index (κ1) is 12.3. The van der Waals surface area contributed by atoms with Crippen molar-refractivity contribution in [1.82, 2.24) is 14.6 Å². The number of carboxylic acid groups (broad SMARTS) is 1. The number of aromatic carboxylic acids is 1. The minimum Gasteiger partial charge on any atom is -0.476 e. The van der Waals surface area contributed by atoms with E-state index in [1.807, 2.05) is 33.8 Å². The predicted molar refractivity (Wildman–Crippen MR) is 68.1 cm³/mol. The summed E-state index contributed by atoms with van der Waals surface area (Å²) in [6, 6.07) is 3.31. The Hall–Kier alpha value is -2.11. The number of anilines is 1. The highest BCUT2D eigenvalue weighted by molar-refractivity contribution is 5.86. The molecule has 0 aliphatic heterocycles. The molecule has 0 aliphatic carbocycles. The van der Waals surface area contributed by atoms with Gasteiger partial charge in [0.05, 0.1) is 0 Å². The van der Waals surface area contributed by atoms with Gasteiger partial charge in [-0.25, -0.2) is 9.78 Å². The van der Waals surface area contributed by atoms with Gasteiger partial charge in [0.25, 0.3) is 0 Å². The minimum absolute atomic E-state index is 0.00920. The van der Waals surface area contributed by atoms with Gasteiger partial charge in [0.1, 0.15) is 5.82 Å². The number of fused-ring (bicyclic) bond motifs is 1. The lowest BCUT2D eigenvalue weighted by Crippen LogP contribution is -2.27. The van der Waals surface area contributed by atoms with E-state index >= 15 is 0 Å². The van der Waals surface area contributed by atoms with Crippen molar-refractivity contribution in [3.8, 4) is 0 Å². The first-order valence-corrected chi connectivity index (χ1v) is 5.65. The van der Waals surface area contributed by atoms with Gasteiger partial charge in [0.15, 0.2) is 11.3 Å². The van der Waals surface area contributed by atoms with E-state index < -0.39 is 5.97 Å². The molecular weight excluding hydrogens is 232 g/mol. The van der Waals surface area contributed by atoms with Crippen molar-refractivity contribution in [3.05, 3.63) is 23.5 Å². The Morgan fingerprint density at radius 3 is 2.61 bits per heavy atom. The quantitative estimate of drug-likeness (QED) is 0.849. The Morgan fingerprint density at radius 2 is 2.06 bits per heavy atom. The number of carbonyl (C=O) groups is 1. The van der Waals surface area contributed by atoms with Crippen molar-refractivity contribution in [3.63, 3.8) is 0 Å². The van der Waals surface area contributed by atoms with Gasteiger partial charge in [0, 0.05) is 23.4 Å². The Balaban J connectivity index is 2.61. The molecule has 96 valence electrons. The molecule has 0 saturated carbocycles. The van der Waals surface area contributed by atoms with Crippen LogP contribution in [0.4, 0.5) is 5.82 Å². The fourth-order valence-corrected chi connectivity index (χ4v) is 1.68. The Morgan fingerprint density at radius 1 is 1.39 bits per heavy atom. The normalized spacial score (nSPS) is 11.8. The van der Waals surface area contributed by atoms with E-state index in [9.17, 15) is 4.79 Å². The molecule has 6 heteroatoms. The summed E-state index contributed by atoms with van der Waals surface area (Å²) in [5.74, 6) is -0.322. The summed E-state index contributed by atoms with van der Waals surface area (Å²) in [5, 5.41) is 16.3. The number of aryl methyl sites for hydroxylation is 1. The first-order chi connectivity index (χ1) is 8.26. The first-order valence-electron chi connectivity index (χ1n) is 5.65. The molecular formula is C12H16N4O2. The lowest BCUT2D eigenvalue weighted by Gasteiger charge is -2.22. The highest BCUT2D eigenvalue weighted by Crippen LogP contribution is 2.18. The maximum Gasteiger partial charge on any atom is 0.356 e. The summed E-state index contributed by atoms with van der Waals surface area (Å²) < 4.78 is 1.52. The number of hydrogen-bond acceptors (Lipinski definition) is 4. The lowest BCUT2D eigenvalue weighted by atomic mass is 10.1. The predicted octanol–water partition coefficient (Wildman–Crippen LogP) is 1.95. The summed E-state index contributed by atoms with van der Waals surface area (Å²) in [7, 11) is 0.